The zero-order valence-corrected chi connectivity index (χ0v) is 11.7. The first kappa shape index (κ1) is 12.3. The number of aryl methyl sites for hydroxylation is 2. The average molecular weight is 314 g/mol. The van der Waals surface area contributed by atoms with Crippen LogP contribution in [0.5, 0.6) is 11.6 Å². The molecule has 0 radical (unpaired) electrons. The standard InChI is InChI=1S/C12H10BrClN2O/c1-7-3-4-10(9(13)5-7)17-11-8(2)6-15-12(14)16-11/h3-6H,1-2H3. The fourth-order valence-electron chi connectivity index (χ4n) is 1.30. The van der Waals surface area contributed by atoms with Crippen molar-refractivity contribution >= 4 is 27.5 Å². The maximum Gasteiger partial charge on any atom is 0.226 e. The largest absolute Gasteiger partial charge is 0.437 e. The number of nitrogens with zero attached hydrogens (tertiary/aromatic N) is 2. The lowest BCUT2D eigenvalue weighted by atomic mass is 10.2. The molecule has 0 unspecified atom stereocenters. The van der Waals surface area contributed by atoms with E-state index in [1.165, 1.54) is 0 Å². The van der Waals surface area contributed by atoms with Crippen molar-refractivity contribution in [3.63, 3.8) is 0 Å². The van der Waals surface area contributed by atoms with Crippen molar-refractivity contribution in [3.05, 3.63) is 45.3 Å². The Morgan fingerprint density at radius 1 is 1.29 bits per heavy atom. The summed E-state index contributed by atoms with van der Waals surface area (Å²) >= 11 is 9.18. The number of hydrogen-bond donors (Lipinski definition) is 0. The molecular weight excluding hydrogens is 304 g/mol. The van der Waals surface area contributed by atoms with Gasteiger partial charge in [0.25, 0.3) is 0 Å². The number of aromatic nitrogens is 2. The molecular formula is C12H10BrClN2O. The van der Waals surface area contributed by atoms with E-state index in [1.54, 1.807) is 6.20 Å². The molecule has 17 heavy (non-hydrogen) atoms. The Kier molecular flexibility index (Phi) is 3.64. The summed E-state index contributed by atoms with van der Waals surface area (Å²) in [7, 11) is 0. The van der Waals surface area contributed by atoms with Crippen molar-refractivity contribution in [2.24, 2.45) is 0 Å². The highest BCUT2D eigenvalue weighted by molar-refractivity contribution is 9.10. The van der Waals surface area contributed by atoms with E-state index in [2.05, 4.69) is 25.9 Å². The highest BCUT2D eigenvalue weighted by Crippen LogP contribution is 2.30. The Balaban J connectivity index is 2.34. The summed E-state index contributed by atoms with van der Waals surface area (Å²) < 4.78 is 6.57. The second kappa shape index (κ2) is 5.02. The first-order chi connectivity index (χ1) is 8.06. The molecule has 3 nitrogen and oxygen atoms in total. The highest BCUT2D eigenvalue weighted by atomic mass is 79.9. The summed E-state index contributed by atoms with van der Waals surface area (Å²) in [6, 6.07) is 5.83. The van der Waals surface area contributed by atoms with Gasteiger partial charge in [-0.25, -0.2) is 4.98 Å². The van der Waals surface area contributed by atoms with E-state index in [0.29, 0.717) is 11.6 Å². The molecule has 0 amide bonds. The fraction of sp³-hybridized carbons (Fsp3) is 0.167. The smallest absolute Gasteiger partial charge is 0.226 e. The third kappa shape index (κ3) is 2.96. The van der Waals surface area contributed by atoms with Gasteiger partial charge in [-0.1, -0.05) is 6.07 Å². The summed E-state index contributed by atoms with van der Waals surface area (Å²) in [5.41, 5.74) is 1.99. The van der Waals surface area contributed by atoms with Crippen LogP contribution in [0.2, 0.25) is 5.28 Å². The van der Waals surface area contributed by atoms with Crippen LogP contribution in [-0.4, -0.2) is 9.97 Å². The lowest BCUT2D eigenvalue weighted by molar-refractivity contribution is 0.454. The molecule has 0 saturated heterocycles. The van der Waals surface area contributed by atoms with Gasteiger partial charge in [0.2, 0.25) is 11.2 Å². The Bertz CT molecular complexity index is 560. The topological polar surface area (TPSA) is 35.0 Å². The van der Waals surface area contributed by atoms with Crippen molar-refractivity contribution in [3.8, 4) is 11.6 Å². The SMILES string of the molecule is Cc1ccc(Oc2nc(Cl)ncc2C)c(Br)c1. The van der Waals surface area contributed by atoms with Crippen molar-refractivity contribution in [2.45, 2.75) is 13.8 Å². The second-order valence-electron chi connectivity index (χ2n) is 3.66. The molecule has 0 aliphatic carbocycles. The minimum Gasteiger partial charge on any atom is -0.437 e. The van der Waals surface area contributed by atoms with Gasteiger partial charge in [0.15, 0.2) is 0 Å². The van der Waals surface area contributed by atoms with Crippen LogP contribution in [0, 0.1) is 13.8 Å². The lowest BCUT2D eigenvalue weighted by Crippen LogP contribution is -1.94. The molecule has 0 saturated carbocycles. The predicted octanol–water partition coefficient (Wildman–Crippen LogP) is 4.30. The number of halogens is 2. The Hall–Kier alpha value is -1.13. The maximum atomic E-state index is 5.73. The quantitative estimate of drug-likeness (QED) is 0.775. The Morgan fingerprint density at radius 2 is 2.06 bits per heavy atom. The van der Waals surface area contributed by atoms with E-state index in [-0.39, 0.29) is 5.28 Å². The minimum absolute atomic E-state index is 0.175. The van der Waals surface area contributed by atoms with Crippen LogP contribution >= 0.6 is 27.5 Å². The molecule has 0 aliphatic rings. The van der Waals surface area contributed by atoms with E-state index in [9.17, 15) is 0 Å². The first-order valence-electron chi connectivity index (χ1n) is 4.99. The molecule has 2 aromatic rings. The summed E-state index contributed by atoms with van der Waals surface area (Å²) in [5, 5.41) is 0.175. The van der Waals surface area contributed by atoms with Crippen molar-refractivity contribution in [1.29, 1.82) is 0 Å². The van der Waals surface area contributed by atoms with E-state index in [0.717, 1.165) is 15.6 Å². The summed E-state index contributed by atoms with van der Waals surface area (Å²) in [6.45, 7) is 3.88. The van der Waals surface area contributed by atoms with Gasteiger partial charge in [-0.15, -0.1) is 0 Å². The van der Waals surface area contributed by atoms with Crippen molar-refractivity contribution in [1.82, 2.24) is 9.97 Å². The molecule has 5 heteroatoms. The van der Waals surface area contributed by atoms with Crippen LogP contribution in [0.3, 0.4) is 0 Å². The molecule has 0 bridgehead atoms. The van der Waals surface area contributed by atoms with Crippen molar-refractivity contribution in [2.75, 3.05) is 0 Å². The van der Waals surface area contributed by atoms with Crippen LogP contribution in [0.4, 0.5) is 0 Å². The third-order valence-electron chi connectivity index (χ3n) is 2.19. The molecule has 0 aliphatic heterocycles. The molecule has 0 fully saturated rings. The number of hydrogen-bond acceptors (Lipinski definition) is 3. The molecule has 1 aromatic carbocycles. The van der Waals surface area contributed by atoms with Gasteiger partial charge in [0.1, 0.15) is 5.75 Å². The highest BCUT2D eigenvalue weighted by Gasteiger charge is 2.08. The summed E-state index contributed by atoms with van der Waals surface area (Å²) in [4.78, 5) is 7.92. The van der Waals surface area contributed by atoms with E-state index in [1.807, 2.05) is 32.0 Å². The molecule has 2 rings (SSSR count). The number of rotatable bonds is 2. The van der Waals surface area contributed by atoms with Gasteiger partial charge >= 0.3 is 0 Å². The first-order valence-corrected chi connectivity index (χ1v) is 6.16. The Labute approximate surface area is 113 Å². The van der Waals surface area contributed by atoms with Gasteiger partial charge in [-0.05, 0) is 59.1 Å². The van der Waals surface area contributed by atoms with Crippen LogP contribution in [-0.2, 0) is 0 Å². The zero-order chi connectivity index (χ0) is 12.4. The molecule has 0 atom stereocenters. The van der Waals surface area contributed by atoms with E-state index < -0.39 is 0 Å². The average Bonchev–Trinajstić information content (AvgIpc) is 2.27. The van der Waals surface area contributed by atoms with E-state index in [4.69, 9.17) is 16.3 Å². The molecule has 88 valence electrons. The van der Waals surface area contributed by atoms with Crippen LogP contribution in [0.1, 0.15) is 11.1 Å². The fourth-order valence-corrected chi connectivity index (χ4v) is 2.00. The monoisotopic (exact) mass is 312 g/mol. The van der Waals surface area contributed by atoms with E-state index >= 15 is 0 Å². The zero-order valence-electron chi connectivity index (χ0n) is 9.37. The second-order valence-corrected chi connectivity index (χ2v) is 4.86. The van der Waals surface area contributed by atoms with Gasteiger partial charge < -0.3 is 4.74 Å². The summed E-state index contributed by atoms with van der Waals surface area (Å²) in [6.07, 6.45) is 1.63. The van der Waals surface area contributed by atoms with Gasteiger partial charge in [-0.2, -0.15) is 4.98 Å². The Morgan fingerprint density at radius 3 is 2.76 bits per heavy atom. The molecule has 0 N–H and O–H groups in total. The molecule has 0 spiro atoms. The minimum atomic E-state index is 0.175. The normalized spacial score (nSPS) is 10.4. The molecule has 1 aromatic heterocycles. The van der Waals surface area contributed by atoms with Crippen LogP contribution in [0.25, 0.3) is 0 Å². The third-order valence-corrected chi connectivity index (χ3v) is 2.99. The number of benzene rings is 1. The number of ether oxygens (including phenoxy) is 1. The van der Waals surface area contributed by atoms with Gasteiger partial charge in [0, 0.05) is 11.8 Å². The predicted molar refractivity (Wildman–Crippen MR) is 70.7 cm³/mol. The summed E-state index contributed by atoms with van der Waals surface area (Å²) in [5.74, 6) is 1.17. The van der Waals surface area contributed by atoms with Gasteiger partial charge in [-0.3, -0.25) is 0 Å². The maximum absolute atomic E-state index is 5.73. The lowest BCUT2D eigenvalue weighted by Gasteiger charge is -2.09. The van der Waals surface area contributed by atoms with Crippen LogP contribution in [0.15, 0.2) is 28.9 Å². The molecule has 1 heterocycles. The van der Waals surface area contributed by atoms with Crippen molar-refractivity contribution < 1.29 is 4.74 Å². The van der Waals surface area contributed by atoms with Crippen LogP contribution < -0.4 is 4.74 Å². The van der Waals surface area contributed by atoms with Gasteiger partial charge in [0.05, 0.1) is 4.47 Å².